The zero-order valence-corrected chi connectivity index (χ0v) is 18.6. The number of ether oxygens (including phenoxy) is 1. The molecule has 1 saturated heterocycles. The van der Waals surface area contributed by atoms with Crippen molar-refractivity contribution in [3.63, 3.8) is 0 Å². The second kappa shape index (κ2) is 11.3. The fraction of sp³-hybridized carbons (Fsp3) is 0.458. The molecule has 0 spiro atoms. The molecular formula is C24H32ClN3O2. The Kier molecular flexibility index (Phi) is 8.55. The first kappa shape index (κ1) is 22.6. The van der Waals surface area contributed by atoms with Gasteiger partial charge in [0.1, 0.15) is 12.4 Å². The second-order valence-corrected chi connectivity index (χ2v) is 8.50. The van der Waals surface area contributed by atoms with Gasteiger partial charge in [-0.3, -0.25) is 14.6 Å². The zero-order chi connectivity index (χ0) is 21.3. The number of carbonyl (C=O) groups excluding carboxylic acids is 1. The lowest BCUT2D eigenvalue weighted by Gasteiger charge is -2.34. The summed E-state index contributed by atoms with van der Waals surface area (Å²) < 4.78 is 5.79. The molecule has 2 aromatic carbocycles. The lowest BCUT2D eigenvalue weighted by Crippen LogP contribution is -2.50. The number of halogens is 1. The molecule has 0 saturated carbocycles. The lowest BCUT2D eigenvalue weighted by atomic mass is 9.96. The van der Waals surface area contributed by atoms with Crippen LogP contribution in [0.5, 0.6) is 5.75 Å². The van der Waals surface area contributed by atoms with E-state index in [4.69, 9.17) is 16.3 Å². The number of hydrogen-bond donors (Lipinski definition) is 1. The first-order valence-electron chi connectivity index (χ1n) is 10.7. The minimum absolute atomic E-state index is 0.0435. The van der Waals surface area contributed by atoms with Crippen LogP contribution in [-0.2, 0) is 4.79 Å². The van der Waals surface area contributed by atoms with Gasteiger partial charge in [-0.05, 0) is 23.6 Å². The van der Waals surface area contributed by atoms with Crippen LogP contribution >= 0.6 is 11.6 Å². The summed E-state index contributed by atoms with van der Waals surface area (Å²) in [6, 6.07) is 17.8. The number of nitrogens with zero attached hydrogens (tertiary/aromatic N) is 2. The summed E-state index contributed by atoms with van der Waals surface area (Å²) in [6.07, 6.45) is 0. The van der Waals surface area contributed by atoms with Gasteiger partial charge in [0.05, 0.1) is 17.6 Å². The molecule has 0 bridgehead atoms. The maximum Gasteiger partial charge on any atom is 0.234 e. The average Bonchev–Trinajstić information content (AvgIpc) is 2.75. The minimum Gasteiger partial charge on any atom is -0.491 e. The Balaban J connectivity index is 1.38. The van der Waals surface area contributed by atoms with Crippen molar-refractivity contribution in [2.45, 2.75) is 19.9 Å². The number of benzene rings is 2. The first-order chi connectivity index (χ1) is 14.5. The highest BCUT2D eigenvalue weighted by molar-refractivity contribution is 6.32. The molecule has 1 N–H and O–H groups in total. The van der Waals surface area contributed by atoms with Crippen molar-refractivity contribution < 1.29 is 9.53 Å². The molecule has 1 amide bonds. The third-order valence-electron chi connectivity index (χ3n) is 5.48. The van der Waals surface area contributed by atoms with Gasteiger partial charge in [0.25, 0.3) is 0 Å². The van der Waals surface area contributed by atoms with Crippen molar-refractivity contribution >= 4 is 17.5 Å². The quantitative estimate of drug-likeness (QED) is 0.657. The molecule has 3 rings (SSSR count). The van der Waals surface area contributed by atoms with Crippen LogP contribution in [0.15, 0.2) is 54.6 Å². The molecule has 1 heterocycles. The van der Waals surface area contributed by atoms with Gasteiger partial charge in [0.2, 0.25) is 5.91 Å². The molecule has 1 atom stereocenters. The predicted molar refractivity (Wildman–Crippen MR) is 122 cm³/mol. The number of amides is 1. The molecule has 30 heavy (non-hydrogen) atoms. The molecule has 0 aliphatic carbocycles. The number of hydrogen-bond acceptors (Lipinski definition) is 4. The molecule has 0 aromatic heterocycles. The van der Waals surface area contributed by atoms with Gasteiger partial charge in [-0.15, -0.1) is 0 Å². The summed E-state index contributed by atoms with van der Waals surface area (Å²) in [5.74, 6) is 1.16. The maximum absolute atomic E-state index is 12.6. The van der Waals surface area contributed by atoms with Crippen LogP contribution in [0.4, 0.5) is 0 Å². The lowest BCUT2D eigenvalue weighted by molar-refractivity contribution is -0.123. The van der Waals surface area contributed by atoms with E-state index in [1.807, 2.05) is 42.5 Å². The molecular weight excluding hydrogens is 398 g/mol. The number of rotatable bonds is 9. The van der Waals surface area contributed by atoms with Crippen LogP contribution in [0.2, 0.25) is 5.02 Å². The van der Waals surface area contributed by atoms with Gasteiger partial charge in [0, 0.05) is 32.7 Å². The minimum atomic E-state index is 0.0435. The average molecular weight is 430 g/mol. The summed E-state index contributed by atoms with van der Waals surface area (Å²) >= 11 is 6.12. The van der Waals surface area contributed by atoms with Crippen molar-refractivity contribution in [1.29, 1.82) is 0 Å². The van der Waals surface area contributed by atoms with Crippen LogP contribution < -0.4 is 10.1 Å². The Morgan fingerprint density at radius 1 is 1.00 bits per heavy atom. The Labute approximate surface area is 185 Å². The molecule has 1 fully saturated rings. The molecule has 0 radical (unpaired) electrons. The molecule has 6 heteroatoms. The Morgan fingerprint density at radius 3 is 2.30 bits per heavy atom. The highest BCUT2D eigenvalue weighted by Gasteiger charge is 2.22. The van der Waals surface area contributed by atoms with Gasteiger partial charge in [-0.2, -0.15) is 0 Å². The fourth-order valence-electron chi connectivity index (χ4n) is 3.73. The monoisotopic (exact) mass is 429 g/mol. The zero-order valence-electron chi connectivity index (χ0n) is 17.9. The van der Waals surface area contributed by atoms with E-state index in [2.05, 4.69) is 41.1 Å². The topological polar surface area (TPSA) is 44.8 Å². The molecule has 5 nitrogen and oxygen atoms in total. The maximum atomic E-state index is 12.6. The molecule has 1 aliphatic rings. The number of carbonyl (C=O) groups is 1. The van der Waals surface area contributed by atoms with E-state index in [1.165, 1.54) is 0 Å². The van der Waals surface area contributed by atoms with Gasteiger partial charge < -0.3 is 10.1 Å². The second-order valence-electron chi connectivity index (χ2n) is 8.10. The van der Waals surface area contributed by atoms with Gasteiger partial charge >= 0.3 is 0 Å². The van der Waals surface area contributed by atoms with Crippen molar-refractivity contribution in [3.05, 3.63) is 65.2 Å². The third-order valence-corrected chi connectivity index (χ3v) is 5.79. The van der Waals surface area contributed by atoms with Gasteiger partial charge in [-0.25, -0.2) is 0 Å². The van der Waals surface area contributed by atoms with Gasteiger partial charge in [-0.1, -0.05) is 67.9 Å². The SMILES string of the molecule is CC(C)C(NC(=O)CN1CCN(CCOc2ccccc2Cl)CC1)c1ccccc1. The molecule has 162 valence electrons. The van der Waals surface area contributed by atoms with Crippen molar-refractivity contribution in [1.82, 2.24) is 15.1 Å². The van der Waals surface area contributed by atoms with Crippen LogP contribution in [0.25, 0.3) is 0 Å². The van der Waals surface area contributed by atoms with Crippen LogP contribution in [0, 0.1) is 5.92 Å². The van der Waals surface area contributed by atoms with Crippen molar-refractivity contribution in [2.75, 3.05) is 45.9 Å². The van der Waals surface area contributed by atoms with Crippen LogP contribution in [-0.4, -0.2) is 61.6 Å². The fourth-order valence-corrected chi connectivity index (χ4v) is 3.93. The van der Waals surface area contributed by atoms with E-state index in [0.717, 1.165) is 44.0 Å². The largest absolute Gasteiger partial charge is 0.491 e. The van der Waals surface area contributed by atoms with E-state index < -0.39 is 0 Å². The molecule has 1 aliphatic heterocycles. The number of piperazine rings is 1. The van der Waals surface area contributed by atoms with Crippen molar-refractivity contribution in [3.8, 4) is 5.75 Å². The smallest absolute Gasteiger partial charge is 0.234 e. The third kappa shape index (κ3) is 6.73. The Morgan fingerprint density at radius 2 is 1.63 bits per heavy atom. The summed E-state index contributed by atoms with van der Waals surface area (Å²) in [5, 5.41) is 3.86. The van der Waals surface area contributed by atoms with Crippen molar-refractivity contribution in [2.24, 2.45) is 5.92 Å². The number of nitrogens with one attached hydrogen (secondary N) is 1. The molecule has 2 aromatic rings. The van der Waals surface area contributed by atoms with E-state index in [-0.39, 0.29) is 11.9 Å². The van der Waals surface area contributed by atoms with E-state index in [1.54, 1.807) is 0 Å². The van der Waals surface area contributed by atoms with Gasteiger partial charge in [0.15, 0.2) is 0 Å². The molecule has 1 unspecified atom stereocenters. The van der Waals surface area contributed by atoms with E-state index in [9.17, 15) is 4.79 Å². The highest BCUT2D eigenvalue weighted by atomic mass is 35.5. The standard InChI is InChI=1S/C24H32ClN3O2/c1-19(2)24(20-8-4-3-5-9-20)26-23(29)18-28-14-12-27(13-15-28)16-17-30-22-11-7-6-10-21(22)25/h3-11,19,24H,12-18H2,1-2H3,(H,26,29). The summed E-state index contributed by atoms with van der Waals surface area (Å²) in [6.45, 7) is 9.83. The Bertz CT molecular complexity index is 792. The number of para-hydroxylation sites is 1. The summed E-state index contributed by atoms with van der Waals surface area (Å²) in [5.41, 5.74) is 1.16. The van der Waals surface area contributed by atoms with E-state index in [0.29, 0.717) is 24.1 Å². The van der Waals surface area contributed by atoms with E-state index >= 15 is 0 Å². The highest BCUT2D eigenvalue weighted by Crippen LogP contribution is 2.23. The predicted octanol–water partition coefficient (Wildman–Crippen LogP) is 3.85. The summed E-state index contributed by atoms with van der Waals surface area (Å²) in [7, 11) is 0. The Hall–Kier alpha value is -2.08. The van der Waals surface area contributed by atoms with Crippen LogP contribution in [0.1, 0.15) is 25.5 Å². The first-order valence-corrected chi connectivity index (χ1v) is 11.1. The normalized spacial score (nSPS) is 16.4. The summed E-state index contributed by atoms with van der Waals surface area (Å²) in [4.78, 5) is 17.2. The van der Waals surface area contributed by atoms with Crippen LogP contribution in [0.3, 0.4) is 0 Å².